The molecule has 1 fully saturated rings. The number of benzene rings is 1. The number of amides is 3. The summed E-state index contributed by atoms with van der Waals surface area (Å²) < 4.78 is 41.2. The number of carbonyl (C=O) groups excluding carboxylic acids is 3. The first-order chi connectivity index (χ1) is 21.8. The molecular formula is C32H30ClF3N6O4. The zero-order valence-corrected chi connectivity index (χ0v) is 25.7. The molecule has 0 saturated carbocycles. The fourth-order valence-corrected chi connectivity index (χ4v) is 6.98. The molecule has 0 radical (unpaired) electrons. The lowest BCUT2D eigenvalue weighted by Gasteiger charge is -2.39. The number of pyridine rings is 2. The molecule has 0 spiro atoms. The fourth-order valence-electron chi connectivity index (χ4n) is 6.69. The summed E-state index contributed by atoms with van der Waals surface area (Å²) in [6.45, 7) is 5.29. The molecule has 46 heavy (non-hydrogen) atoms. The van der Waals surface area contributed by atoms with Gasteiger partial charge in [0.2, 0.25) is 17.7 Å². The van der Waals surface area contributed by atoms with Crippen molar-refractivity contribution in [1.82, 2.24) is 14.9 Å². The smallest absolute Gasteiger partial charge is 0.394 e. The van der Waals surface area contributed by atoms with E-state index in [-0.39, 0.29) is 50.1 Å². The minimum absolute atomic E-state index is 0.0624. The topological polar surface area (TPSA) is 110 Å². The molecule has 1 N–H and O–H groups in total. The highest BCUT2D eigenvalue weighted by Crippen LogP contribution is 2.44. The molecule has 0 aliphatic carbocycles. The number of aromatic nitrogens is 2. The normalized spacial score (nSPS) is 21.2. The molecule has 1 aromatic carbocycles. The first-order valence-electron chi connectivity index (χ1n) is 14.5. The molecular weight excluding hydrogens is 625 g/mol. The summed E-state index contributed by atoms with van der Waals surface area (Å²) in [7, 11) is 1.54. The van der Waals surface area contributed by atoms with Crippen molar-refractivity contribution in [2.45, 2.75) is 44.7 Å². The van der Waals surface area contributed by atoms with Gasteiger partial charge >= 0.3 is 6.18 Å². The Morgan fingerprint density at radius 1 is 1.22 bits per heavy atom. The van der Waals surface area contributed by atoms with E-state index in [4.69, 9.17) is 11.6 Å². The van der Waals surface area contributed by atoms with Gasteiger partial charge in [0, 0.05) is 50.9 Å². The quantitative estimate of drug-likeness (QED) is 0.406. The molecule has 3 amide bonds. The van der Waals surface area contributed by atoms with Crippen molar-refractivity contribution >= 4 is 46.5 Å². The van der Waals surface area contributed by atoms with Gasteiger partial charge in [-0.3, -0.25) is 24.3 Å². The lowest BCUT2D eigenvalue weighted by Crippen LogP contribution is -2.52. The molecule has 0 unspecified atom stereocenters. The van der Waals surface area contributed by atoms with E-state index in [1.807, 2.05) is 11.0 Å². The van der Waals surface area contributed by atoms with Gasteiger partial charge in [-0.05, 0) is 54.5 Å². The number of halogens is 4. The van der Waals surface area contributed by atoms with Crippen LogP contribution in [0, 0.1) is 12.8 Å². The summed E-state index contributed by atoms with van der Waals surface area (Å²) in [5, 5.41) is 10.3. The zero-order chi connectivity index (χ0) is 33.1. The summed E-state index contributed by atoms with van der Waals surface area (Å²) >= 11 is 6.75. The van der Waals surface area contributed by atoms with Crippen LogP contribution in [-0.2, 0) is 33.6 Å². The van der Waals surface area contributed by atoms with Crippen LogP contribution in [0.5, 0.6) is 0 Å². The molecule has 3 atom stereocenters. The van der Waals surface area contributed by atoms with E-state index in [2.05, 4.69) is 16.5 Å². The largest absolute Gasteiger partial charge is 0.416 e. The van der Waals surface area contributed by atoms with E-state index in [1.165, 1.54) is 22.8 Å². The third kappa shape index (κ3) is 5.36. The van der Waals surface area contributed by atoms with E-state index in [9.17, 15) is 32.7 Å². The van der Waals surface area contributed by atoms with Crippen LogP contribution in [0.4, 0.5) is 30.4 Å². The number of rotatable bonds is 5. The summed E-state index contributed by atoms with van der Waals surface area (Å²) in [6, 6.07) is 6.97. The summed E-state index contributed by atoms with van der Waals surface area (Å²) in [5.41, 5.74) is 2.20. The standard InChI is InChI=1S/C32H30ClF3N6O4/c1-4-26(44)41-15-19-9-18(12-37-28(19)24(41)16-43)13-40-14-20-10-27(45)42(25-11-21(32(34,35)36)8-17(2)38-25)29(20)31(46)39(3)23-7-5-6-22(33)30(23)40/h4-9,11-12,20,24,29,43H,1,10,13-16H2,2-3H3/t20-,24-,29+/m1/s1. The molecule has 1 saturated heterocycles. The highest BCUT2D eigenvalue weighted by Gasteiger charge is 2.49. The highest BCUT2D eigenvalue weighted by molar-refractivity contribution is 6.34. The highest BCUT2D eigenvalue weighted by atomic mass is 35.5. The molecule has 3 aliphatic heterocycles. The molecule has 6 rings (SSSR count). The number of nitrogens with zero attached hydrogens (tertiary/aromatic N) is 6. The molecule has 240 valence electrons. The Bertz CT molecular complexity index is 1770. The van der Waals surface area contributed by atoms with Crippen LogP contribution in [0.3, 0.4) is 0 Å². The van der Waals surface area contributed by atoms with Crippen molar-refractivity contribution in [1.29, 1.82) is 0 Å². The summed E-state index contributed by atoms with van der Waals surface area (Å²) in [6.07, 6.45) is -1.94. The second-order valence-corrected chi connectivity index (χ2v) is 12.1. The van der Waals surface area contributed by atoms with Crippen LogP contribution in [0.15, 0.2) is 55.3 Å². The summed E-state index contributed by atoms with van der Waals surface area (Å²) in [5.74, 6) is -2.17. The van der Waals surface area contributed by atoms with Crippen LogP contribution < -0.4 is 14.7 Å². The van der Waals surface area contributed by atoms with Gasteiger partial charge in [0.15, 0.2) is 0 Å². The molecule has 0 bridgehead atoms. The van der Waals surface area contributed by atoms with Crippen LogP contribution in [0.1, 0.15) is 40.5 Å². The number of fused-ring (bicyclic) bond motifs is 3. The maximum absolute atomic E-state index is 14.1. The number of para-hydroxylation sites is 1. The van der Waals surface area contributed by atoms with E-state index < -0.39 is 41.6 Å². The maximum atomic E-state index is 14.1. The molecule has 3 aromatic rings. The predicted molar refractivity (Wildman–Crippen MR) is 164 cm³/mol. The first-order valence-corrected chi connectivity index (χ1v) is 14.9. The average molecular weight is 655 g/mol. The van der Waals surface area contributed by atoms with Gasteiger partial charge in [-0.25, -0.2) is 4.98 Å². The molecule has 5 heterocycles. The van der Waals surface area contributed by atoms with Gasteiger partial charge in [0.25, 0.3) is 0 Å². The fraction of sp³-hybridized carbons (Fsp3) is 0.344. The molecule has 3 aliphatic rings. The number of hydrogen-bond acceptors (Lipinski definition) is 7. The zero-order valence-electron chi connectivity index (χ0n) is 25.0. The van der Waals surface area contributed by atoms with Gasteiger partial charge in [0.1, 0.15) is 11.9 Å². The van der Waals surface area contributed by atoms with Gasteiger partial charge in [-0.15, -0.1) is 0 Å². The molecule has 2 aromatic heterocycles. The first kappa shape index (κ1) is 31.5. The Kier molecular flexibility index (Phi) is 8.01. The van der Waals surface area contributed by atoms with Crippen molar-refractivity contribution in [3.05, 3.63) is 88.4 Å². The van der Waals surface area contributed by atoms with Gasteiger partial charge in [-0.1, -0.05) is 24.2 Å². The van der Waals surface area contributed by atoms with E-state index in [0.29, 0.717) is 22.1 Å². The molecule has 14 heteroatoms. The second kappa shape index (κ2) is 11.7. The van der Waals surface area contributed by atoms with Crippen molar-refractivity contribution in [3.8, 4) is 0 Å². The number of anilines is 3. The number of hydrogen-bond donors (Lipinski definition) is 1. The van der Waals surface area contributed by atoms with Crippen LogP contribution in [0.2, 0.25) is 5.02 Å². The number of likely N-dealkylation sites (N-methyl/N-ethyl adjacent to an activating group) is 1. The Morgan fingerprint density at radius 3 is 2.67 bits per heavy atom. The van der Waals surface area contributed by atoms with Crippen LogP contribution in [-0.4, -0.2) is 63.9 Å². The average Bonchev–Trinajstić information content (AvgIpc) is 3.54. The van der Waals surface area contributed by atoms with Crippen LogP contribution >= 0.6 is 11.6 Å². The lowest BCUT2D eigenvalue weighted by atomic mass is 9.95. The monoisotopic (exact) mass is 654 g/mol. The SMILES string of the molecule is C=CC(=O)N1Cc2cc(CN3C[C@H]4CC(=O)N(c5cc(C(F)(F)F)cc(C)n5)[C@@H]4C(=O)N(C)c4cccc(Cl)c43)cnc2[C@H]1CO. The van der Waals surface area contributed by atoms with Gasteiger partial charge < -0.3 is 19.8 Å². The Labute approximate surface area is 267 Å². The number of aryl methyl sites for hydroxylation is 1. The predicted octanol–water partition coefficient (Wildman–Crippen LogP) is 4.42. The number of aliphatic hydroxyl groups is 1. The minimum atomic E-state index is -4.67. The van der Waals surface area contributed by atoms with Crippen LogP contribution in [0.25, 0.3) is 0 Å². The van der Waals surface area contributed by atoms with Crippen molar-refractivity contribution in [3.63, 3.8) is 0 Å². The van der Waals surface area contributed by atoms with E-state index >= 15 is 0 Å². The Morgan fingerprint density at radius 2 is 1.98 bits per heavy atom. The van der Waals surface area contributed by atoms with Crippen molar-refractivity contribution in [2.24, 2.45) is 5.92 Å². The minimum Gasteiger partial charge on any atom is -0.394 e. The van der Waals surface area contributed by atoms with E-state index in [1.54, 1.807) is 31.4 Å². The summed E-state index contributed by atoms with van der Waals surface area (Å²) in [4.78, 5) is 54.7. The number of carbonyl (C=O) groups is 3. The number of aliphatic hydroxyl groups excluding tert-OH is 1. The third-order valence-corrected chi connectivity index (χ3v) is 9.03. The van der Waals surface area contributed by atoms with Gasteiger partial charge in [0.05, 0.1) is 40.3 Å². The Balaban J connectivity index is 1.40. The van der Waals surface area contributed by atoms with Crippen molar-refractivity contribution in [2.75, 3.05) is 34.9 Å². The van der Waals surface area contributed by atoms with Gasteiger partial charge in [-0.2, -0.15) is 13.2 Å². The number of alkyl halides is 3. The van der Waals surface area contributed by atoms with Crippen molar-refractivity contribution < 1.29 is 32.7 Å². The maximum Gasteiger partial charge on any atom is 0.416 e. The third-order valence-electron chi connectivity index (χ3n) is 8.72. The Hall–Kier alpha value is -4.49. The second-order valence-electron chi connectivity index (χ2n) is 11.7. The molecule has 10 nitrogen and oxygen atoms in total. The lowest BCUT2D eigenvalue weighted by molar-refractivity contribution is -0.137. The van der Waals surface area contributed by atoms with E-state index in [0.717, 1.165) is 28.2 Å².